The van der Waals surface area contributed by atoms with Crippen LogP contribution < -0.4 is 5.32 Å². The molecule has 1 heterocycles. The van der Waals surface area contributed by atoms with Crippen LogP contribution in [0, 0.1) is 5.41 Å². The minimum absolute atomic E-state index is 0.0243. The number of rotatable bonds is 2. The number of nitrogens with one attached hydrogen (secondary N) is 1. The minimum Gasteiger partial charge on any atom is -0.377 e. The van der Waals surface area contributed by atoms with Crippen LogP contribution >= 0.6 is 11.6 Å². The third kappa shape index (κ3) is 2.43. The normalized spacial score (nSPS) is 23.2. The molecule has 0 radical (unpaired) electrons. The van der Waals surface area contributed by atoms with Crippen LogP contribution in [-0.4, -0.2) is 7.11 Å². The predicted molar refractivity (Wildman–Crippen MR) is 87.8 cm³/mol. The molecule has 0 aromatic heterocycles. The zero-order valence-corrected chi connectivity index (χ0v) is 13.3. The van der Waals surface area contributed by atoms with Crippen LogP contribution in [0.5, 0.6) is 0 Å². The van der Waals surface area contributed by atoms with Crippen molar-refractivity contribution in [1.29, 1.82) is 0 Å². The quantitative estimate of drug-likeness (QED) is 0.821. The first-order chi connectivity index (χ1) is 10.0. The highest BCUT2D eigenvalue weighted by Gasteiger charge is 2.44. The third-order valence-electron chi connectivity index (χ3n) is 4.39. The van der Waals surface area contributed by atoms with Crippen molar-refractivity contribution in [2.24, 2.45) is 5.41 Å². The van der Waals surface area contributed by atoms with Crippen LogP contribution in [0.3, 0.4) is 0 Å². The van der Waals surface area contributed by atoms with Gasteiger partial charge in [-0.05, 0) is 17.7 Å². The number of benzene rings is 2. The Bertz CT molecular complexity index is 639. The SMILES string of the molecule is COC1c2ccc(Cl)cc2NC(c2ccccc2)C1(C)C. The van der Waals surface area contributed by atoms with Crippen LogP contribution in [0.2, 0.25) is 5.02 Å². The van der Waals surface area contributed by atoms with Gasteiger partial charge in [0, 0.05) is 28.8 Å². The van der Waals surface area contributed by atoms with E-state index in [9.17, 15) is 0 Å². The molecule has 1 aliphatic heterocycles. The zero-order chi connectivity index (χ0) is 15.0. The molecule has 0 bridgehead atoms. The Morgan fingerprint density at radius 3 is 2.48 bits per heavy atom. The van der Waals surface area contributed by atoms with Gasteiger partial charge in [-0.2, -0.15) is 0 Å². The van der Waals surface area contributed by atoms with Gasteiger partial charge in [0.25, 0.3) is 0 Å². The van der Waals surface area contributed by atoms with Crippen molar-refractivity contribution in [2.75, 3.05) is 12.4 Å². The molecule has 0 fully saturated rings. The molecule has 0 saturated heterocycles. The lowest BCUT2D eigenvalue weighted by atomic mass is 9.70. The van der Waals surface area contributed by atoms with Gasteiger partial charge in [-0.3, -0.25) is 0 Å². The van der Waals surface area contributed by atoms with Gasteiger partial charge in [-0.1, -0.05) is 61.8 Å². The fraction of sp³-hybridized carbons (Fsp3) is 0.333. The van der Waals surface area contributed by atoms with Gasteiger partial charge < -0.3 is 10.1 Å². The maximum atomic E-state index is 6.15. The summed E-state index contributed by atoms with van der Waals surface area (Å²) in [6.07, 6.45) is 0.0243. The first kappa shape index (κ1) is 14.4. The van der Waals surface area contributed by atoms with E-state index in [0.29, 0.717) is 0 Å². The molecule has 110 valence electrons. The van der Waals surface area contributed by atoms with Gasteiger partial charge in [0.15, 0.2) is 0 Å². The number of ether oxygens (including phenoxy) is 1. The molecule has 0 amide bonds. The fourth-order valence-electron chi connectivity index (χ4n) is 3.36. The van der Waals surface area contributed by atoms with E-state index < -0.39 is 0 Å². The molecule has 2 aromatic carbocycles. The molecule has 0 saturated carbocycles. The maximum Gasteiger partial charge on any atom is 0.0914 e. The van der Waals surface area contributed by atoms with Crippen molar-refractivity contribution in [1.82, 2.24) is 0 Å². The summed E-state index contributed by atoms with van der Waals surface area (Å²) in [5.74, 6) is 0. The maximum absolute atomic E-state index is 6.15. The molecule has 21 heavy (non-hydrogen) atoms. The summed E-state index contributed by atoms with van der Waals surface area (Å²) >= 11 is 6.15. The number of hydrogen-bond donors (Lipinski definition) is 1. The molecule has 0 aliphatic carbocycles. The van der Waals surface area contributed by atoms with E-state index in [1.807, 2.05) is 18.2 Å². The Labute approximate surface area is 131 Å². The van der Waals surface area contributed by atoms with E-state index in [1.54, 1.807) is 7.11 Å². The summed E-state index contributed by atoms with van der Waals surface area (Å²) in [5.41, 5.74) is 3.41. The van der Waals surface area contributed by atoms with E-state index in [4.69, 9.17) is 16.3 Å². The summed E-state index contributed by atoms with van der Waals surface area (Å²) in [7, 11) is 1.78. The minimum atomic E-state index is -0.0725. The summed E-state index contributed by atoms with van der Waals surface area (Å²) < 4.78 is 5.84. The smallest absolute Gasteiger partial charge is 0.0914 e. The van der Waals surface area contributed by atoms with Crippen molar-refractivity contribution in [3.05, 3.63) is 64.7 Å². The Morgan fingerprint density at radius 2 is 1.81 bits per heavy atom. The van der Waals surface area contributed by atoms with Crippen molar-refractivity contribution < 1.29 is 4.74 Å². The molecule has 2 unspecified atom stereocenters. The second kappa shape index (κ2) is 5.36. The standard InChI is InChI=1S/C18H20ClNO/c1-18(2)16(12-7-5-4-6-8-12)20-15-11-13(19)9-10-14(15)17(18)21-3/h4-11,16-17,20H,1-3H3. The molecule has 1 aliphatic rings. The van der Waals surface area contributed by atoms with E-state index in [0.717, 1.165) is 10.7 Å². The van der Waals surface area contributed by atoms with Crippen molar-refractivity contribution in [3.8, 4) is 0 Å². The lowest BCUT2D eigenvalue weighted by Crippen LogP contribution is -2.39. The largest absolute Gasteiger partial charge is 0.377 e. The number of fused-ring (bicyclic) bond motifs is 1. The van der Waals surface area contributed by atoms with Crippen LogP contribution in [0.15, 0.2) is 48.5 Å². The molecule has 2 nitrogen and oxygen atoms in total. The van der Waals surface area contributed by atoms with E-state index >= 15 is 0 Å². The lowest BCUT2D eigenvalue weighted by molar-refractivity contribution is -0.0107. The molecule has 0 spiro atoms. The monoisotopic (exact) mass is 301 g/mol. The number of methoxy groups -OCH3 is 1. The Balaban J connectivity index is 2.12. The Hall–Kier alpha value is -1.51. The number of halogens is 1. The highest BCUT2D eigenvalue weighted by atomic mass is 35.5. The first-order valence-corrected chi connectivity index (χ1v) is 7.55. The lowest BCUT2D eigenvalue weighted by Gasteiger charge is -2.46. The van der Waals surface area contributed by atoms with Crippen LogP contribution in [0.4, 0.5) is 5.69 Å². The molecule has 2 aromatic rings. The van der Waals surface area contributed by atoms with Gasteiger partial charge in [0.1, 0.15) is 0 Å². The zero-order valence-electron chi connectivity index (χ0n) is 12.6. The highest BCUT2D eigenvalue weighted by Crippen LogP contribution is 2.53. The average molecular weight is 302 g/mol. The summed E-state index contributed by atoms with van der Waals surface area (Å²) in [5, 5.41) is 4.38. The summed E-state index contributed by atoms with van der Waals surface area (Å²) in [6.45, 7) is 4.48. The topological polar surface area (TPSA) is 21.3 Å². The Kier molecular flexibility index (Phi) is 3.68. The average Bonchev–Trinajstić information content (AvgIpc) is 2.47. The molecular weight excluding hydrogens is 282 g/mol. The van der Waals surface area contributed by atoms with Crippen LogP contribution in [-0.2, 0) is 4.74 Å². The van der Waals surface area contributed by atoms with Gasteiger partial charge in [-0.25, -0.2) is 0 Å². The number of anilines is 1. The second-order valence-corrected chi connectivity index (χ2v) is 6.59. The van der Waals surface area contributed by atoms with Crippen molar-refractivity contribution in [3.63, 3.8) is 0 Å². The summed E-state index contributed by atoms with van der Waals surface area (Å²) in [6, 6.07) is 16.6. The van der Waals surface area contributed by atoms with Gasteiger partial charge in [-0.15, -0.1) is 0 Å². The number of hydrogen-bond acceptors (Lipinski definition) is 2. The van der Waals surface area contributed by atoms with Crippen molar-refractivity contribution >= 4 is 17.3 Å². The molecular formula is C18H20ClNO. The highest BCUT2D eigenvalue weighted by molar-refractivity contribution is 6.30. The van der Waals surface area contributed by atoms with Gasteiger partial charge in [0.2, 0.25) is 0 Å². The third-order valence-corrected chi connectivity index (χ3v) is 4.62. The van der Waals surface area contributed by atoms with Crippen LogP contribution in [0.25, 0.3) is 0 Å². The second-order valence-electron chi connectivity index (χ2n) is 6.16. The fourth-order valence-corrected chi connectivity index (χ4v) is 3.54. The van der Waals surface area contributed by atoms with Crippen LogP contribution in [0.1, 0.15) is 37.1 Å². The van der Waals surface area contributed by atoms with E-state index in [2.05, 4.69) is 49.5 Å². The van der Waals surface area contributed by atoms with E-state index in [-0.39, 0.29) is 17.6 Å². The first-order valence-electron chi connectivity index (χ1n) is 7.18. The molecule has 3 rings (SSSR count). The molecule has 3 heteroatoms. The predicted octanol–water partition coefficient (Wildman–Crippen LogP) is 5.22. The molecule has 1 N–H and O–H groups in total. The van der Waals surface area contributed by atoms with Crippen molar-refractivity contribution in [2.45, 2.75) is 26.0 Å². The van der Waals surface area contributed by atoms with Gasteiger partial charge in [0.05, 0.1) is 12.1 Å². The Morgan fingerprint density at radius 1 is 1.10 bits per heavy atom. The van der Waals surface area contributed by atoms with E-state index in [1.165, 1.54) is 11.1 Å². The summed E-state index contributed by atoms with van der Waals surface area (Å²) in [4.78, 5) is 0. The van der Waals surface area contributed by atoms with Gasteiger partial charge >= 0.3 is 0 Å². The molecule has 2 atom stereocenters.